The summed E-state index contributed by atoms with van der Waals surface area (Å²) in [5.74, 6) is 0. The van der Waals surface area contributed by atoms with Crippen molar-refractivity contribution in [3.05, 3.63) is 0 Å². The van der Waals surface area contributed by atoms with Crippen LogP contribution >= 0.6 is 43.1 Å². The van der Waals surface area contributed by atoms with Crippen molar-refractivity contribution in [1.29, 1.82) is 0 Å². The fourth-order valence-electron chi connectivity index (χ4n) is 1.21. The van der Waals surface area contributed by atoms with Crippen molar-refractivity contribution < 1.29 is 9.15 Å². The monoisotopic (exact) mass is 418 g/mol. The van der Waals surface area contributed by atoms with Crippen LogP contribution in [0.2, 0.25) is 0 Å². The summed E-state index contributed by atoms with van der Waals surface area (Å²) in [6.45, 7) is 12.9. The number of hydrogen-bond acceptors (Lipinski definition) is 2. The van der Waals surface area contributed by atoms with Crippen molar-refractivity contribution in [2.45, 2.75) is 27.7 Å². The third-order valence-electron chi connectivity index (χ3n) is 2.33. The van der Waals surface area contributed by atoms with Gasteiger partial charge in [0, 0.05) is 0 Å². The molecular formula is C10H22N2S4Sn+2. The second-order valence-corrected chi connectivity index (χ2v) is 14.3. The Labute approximate surface area is 132 Å². The van der Waals surface area contributed by atoms with Crippen LogP contribution in [0.5, 0.6) is 0 Å². The van der Waals surface area contributed by atoms with Gasteiger partial charge in [0.2, 0.25) is 0 Å². The number of rotatable bonds is 6. The summed E-state index contributed by atoms with van der Waals surface area (Å²) in [6, 6.07) is 0. The van der Waals surface area contributed by atoms with Gasteiger partial charge in [-0.25, -0.2) is 0 Å². The Balaban J connectivity index is 4.24. The van der Waals surface area contributed by atoms with Gasteiger partial charge in [-0.2, -0.15) is 0 Å². The Kier molecular flexibility index (Phi) is 12.4. The van der Waals surface area contributed by atoms with E-state index >= 15 is 0 Å². The molecule has 0 aromatic carbocycles. The van der Waals surface area contributed by atoms with E-state index in [2.05, 4.69) is 62.1 Å². The topological polar surface area (TPSA) is 6.02 Å². The Morgan fingerprint density at radius 2 is 1.12 bits per heavy atom. The van der Waals surface area contributed by atoms with Crippen molar-refractivity contribution in [2.75, 3.05) is 26.2 Å². The first-order valence-corrected chi connectivity index (χ1v) is 15.3. The first-order valence-electron chi connectivity index (χ1n) is 5.80. The van der Waals surface area contributed by atoms with Gasteiger partial charge in [0.25, 0.3) is 0 Å². The van der Waals surface area contributed by atoms with Crippen LogP contribution in [0.4, 0.5) is 0 Å². The molecule has 0 rings (SSSR count). The Hall–Kier alpha value is 1.54. The zero-order valence-corrected chi connectivity index (χ0v) is 17.2. The summed E-state index contributed by atoms with van der Waals surface area (Å²) in [7, 11) is 3.89. The molecule has 98 valence electrons. The molecule has 0 spiro atoms. The molecule has 0 saturated heterocycles. The van der Waals surface area contributed by atoms with Gasteiger partial charge in [-0.15, -0.1) is 0 Å². The molecule has 0 aliphatic heterocycles. The predicted molar refractivity (Wildman–Crippen MR) is 91.6 cm³/mol. The molecular weight excluding hydrogens is 395 g/mol. The van der Waals surface area contributed by atoms with E-state index in [-0.39, 0.29) is 0 Å². The second-order valence-electron chi connectivity index (χ2n) is 3.20. The van der Waals surface area contributed by atoms with Crippen LogP contribution < -0.4 is 0 Å². The average molecular weight is 417 g/mol. The minimum absolute atomic E-state index is 0.563. The van der Waals surface area contributed by atoms with Crippen LogP contribution in [-0.2, 0) is 0 Å². The zero-order valence-electron chi connectivity index (χ0n) is 10.9. The van der Waals surface area contributed by atoms with E-state index in [0.717, 1.165) is 26.2 Å². The predicted octanol–water partition coefficient (Wildman–Crippen LogP) is 2.66. The van der Waals surface area contributed by atoms with Crippen LogP contribution in [0.25, 0.3) is 0 Å². The zero-order chi connectivity index (χ0) is 13.3. The molecule has 0 saturated carbocycles. The maximum atomic E-state index is 4.57. The number of hydrogen-bond donors (Lipinski definition) is 2. The first kappa shape index (κ1) is 18.5. The van der Waals surface area contributed by atoms with E-state index in [1.54, 1.807) is 0 Å². The normalized spacial score (nSPS) is 10.2. The van der Waals surface area contributed by atoms with Crippen LogP contribution in [0, 0.1) is 0 Å². The molecule has 7 heteroatoms. The van der Waals surface area contributed by atoms with E-state index in [1.807, 2.05) is 17.9 Å². The molecule has 0 N–H and O–H groups in total. The third-order valence-corrected chi connectivity index (χ3v) is 15.5. The SMILES string of the molecule is CC[N+](CC)=C(S)[S][Sn][S]C(S)=[N+](CC)CC. The van der Waals surface area contributed by atoms with E-state index in [4.69, 9.17) is 0 Å². The molecule has 0 aromatic rings. The van der Waals surface area contributed by atoms with Gasteiger partial charge in [-0.1, -0.05) is 0 Å². The standard InChI is InChI=1S/2C5H11NS2.Sn/c2*1-3-6(4-2)5(7)8;/h2*3-4H2,1-2H3,(H,7,8);/q;;+2. The molecule has 0 aliphatic rings. The van der Waals surface area contributed by atoms with Crippen LogP contribution in [0.1, 0.15) is 27.7 Å². The van der Waals surface area contributed by atoms with Gasteiger partial charge in [0.05, 0.1) is 0 Å². The van der Waals surface area contributed by atoms with E-state index in [1.165, 1.54) is 8.75 Å². The van der Waals surface area contributed by atoms with Crippen molar-refractivity contribution in [3.8, 4) is 0 Å². The maximum absolute atomic E-state index is 4.57. The summed E-state index contributed by atoms with van der Waals surface area (Å²) in [5.41, 5.74) is 0. The van der Waals surface area contributed by atoms with Crippen molar-refractivity contribution in [2.24, 2.45) is 0 Å². The third kappa shape index (κ3) is 7.64. The Morgan fingerprint density at radius 1 is 0.824 bits per heavy atom. The Bertz CT molecular complexity index is 252. The molecule has 0 atom stereocenters. The molecule has 17 heavy (non-hydrogen) atoms. The summed E-state index contributed by atoms with van der Waals surface area (Å²) >= 11 is 8.58. The summed E-state index contributed by atoms with van der Waals surface area (Å²) in [5, 5.41) is 0. The minimum atomic E-state index is -0.563. The summed E-state index contributed by atoms with van der Waals surface area (Å²) in [6.07, 6.45) is 0. The van der Waals surface area contributed by atoms with E-state index < -0.39 is 18.4 Å². The molecule has 0 aliphatic carbocycles. The number of nitrogens with zero attached hydrogens (tertiary/aromatic N) is 2. The molecule has 2 radical (unpaired) electrons. The van der Waals surface area contributed by atoms with Gasteiger partial charge in [-0.3, -0.25) is 0 Å². The van der Waals surface area contributed by atoms with E-state index in [9.17, 15) is 0 Å². The van der Waals surface area contributed by atoms with Crippen molar-refractivity contribution in [1.82, 2.24) is 0 Å². The average Bonchev–Trinajstić information content (AvgIpc) is 2.32. The summed E-state index contributed by atoms with van der Waals surface area (Å²) in [4.78, 5) is 0. The summed E-state index contributed by atoms with van der Waals surface area (Å²) < 4.78 is 6.94. The number of thiol groups is 2. The van der Waals surface area contributed by atoms with Gasteiger partial charge >= 0.3 is 133 Å². The van der Waals surface area contributed by atoms with E-state index in [0.29, 0.717) is 0 Å². The van der Waals surface area contributed by atoms with Crippen molar-refractivity contribution >= 4 is 70.3 Å². The molecule has 0 aromatic heterocycles. The Morgan fingerprint density at radius 3 is 1.35 bits per heavy atom. The fraction of sp³-hybridized carbons (Fsp3) is 0.800. The van der Waals surface area contributed by atoms with Gasteiger partial charge < -0.3 is 0 Å². The van der Waals surface area contributed by atoms with Gasteiger partial charge in [0.1, 0.15) is 0 Å². The quantitative estimate of drug-likeness (QED) is 0.226. The van der Waals surface area contributed by atoms with Crippen LogP contribution in [0.3, 0.4) is 0 Å². The second kappa shape index (κ2) is 11.4. The van der Waals surface area contributed by atoms with Crippen molar-refractivity contribution in [3.63, 3.8) is 0 Å². The molecule has 0 unspecified atom stereocenters. The molecule has 0 amide bonds. The molecule has 2 nitrogen and oxygen atoms in total. The van der Waals surface area contributed by atoms with Crippen LogP contribution in [-0.4, -0.2) is 62.5 Å². The van der Waals surface area contributed by atoms with Gasteiger partial charge in [0.15, 0.2) is 0 Å². The molecule has 0 bridgehead atoms. The first-order chi connectivity index (χ1) is 8.10. The van der Waals surface area contributed by atoms with Crippen LogP contribution in [0.15, 0.2) is 0 Å². The van der Waals surface area contributed by atoms with Gasteiger partial charge in [-0.05, 0) is 0 Å². The molecule has 0 fully saturated rings. The fourth-order valence-corrected chi connectivity index (χ4v) is 14.9. The molecule has 0 heterocycles.